The third kappa shape index (κ3) is 7.31. The fourth-order valence-electron chi connectivity index (χ4n) is 0.673. The zero-order valence-electron chi connectivity index (χ0n) is 8.31. The van der Waals surface area contributed by atoms with Crippen molar-refractivity contribution >= 4 is 5.71 Å². The lowest BCUT2D eigenvalue weighted by Gasteiger charge is -2.10. The summed E-state index contributed by atoms with van der Waals surface area (Å²) in [6, 6.07) is 0. The molecule has 64 valence electrons. The van der Waals surface area contributed by atoms with Crippen LogP contribution in [-0.4, -0.2) is 12.3 Å². The lowest BCUT2D eigenvalue weighted by Crippen LogP contribution is -2.00. The molecule has 11 heavy (non-hydrogen) atoms. The van der Waals surface area contributed by atoms with Gasteiger partial charge in [0.2, 0.25) is 0 Å². The first-order valence-electron chi connectivity index (χ1n) is 4.16. The molecule has 0 heterocycles. The number of nitrogens with zero attached hydrogens (tertiary/aromatic N) is 1. The van der Waals surface area contributed by atoms with E-state index in [1.54, 1.807) is 0 Å². The molecule has 0 fully saturated rings. The van der Waals surface area contributed by atoms with Crippen LogP contribution in [-0.2, 0) is 0 Å². The number of hydrogen-bond donors (Lipinski definition) is 0. The van der Waals surface area contributed by atoms with Crippen LogP contribution < -0.4 is 0 Å². The van der Waals surface area contributed by atoms with Crippen LogP contribution in [0.4, 0.5) is 0 Å². The molecule has 1 heteroatoms. The Balaban J connectivity index is 4.03. The molecule has 0 bridgehead atoms. The van der Waals surface area contributed by atoms with Gasteiger partial charge in [-0.15, -0.1) is 0 Å². The topological polar surface area (TPSA) is 12.4 Å². The van der Waals surface area contributed by atoms with Crippen molar-refractivity contribution in [3.63, 3.8) is 0 Å². The molecule has 0 aliphatic rings. The first-order chi connectivity index (χ1) is 4.95. The Morgan fingerprint density at radius 2 is 1.91 bits per heavy atom. The zero-order chi connectivity index (χ0) is 8.91. The van der Waals surface area contributed by atoms with E-state index in [0.717, 1.165) is 12.3 Å². The predicted octanol–water partition coefficient (Wildman–Crippen LogP) is 3.07. The highest BCUT2D eigenvalue weighted by Gasteiger charge is 2.02. The van der Waals surface area contributed by atoms with E-state index >= 15 is 0 Å². The molecular formula is C10H19N. The first-order valence-corrected chi connectivity index (χ1v) is 4.16. The van der Waals surface area contributed by atoms with Crippen molar-refractivity contribution in [3.05, 3.63) is 12.2 Å². The summed E-state index contributed by atoms with van der Waals surface area (Å²) in [5, 5.41) is 0. The van der Waals surface area contributed by atoms with E-state index in [9.17, 15) is 0 Å². The second-order valence-electron chi connectivity index (χ2n) is 3.82. The van der Waals surface area contributed by atoms with Crippen molar-refractivity contribution in [1.29, 1.82) is 0 Å². The van der Waals surface area contributed by atoms with Crippen molar-refractivity contribution in [2.45, 2.75) is 34.6 Å². The molecule has 0 aromatic carbocycles. The molecule has 0 rings (SSSR count). The Hall–Kier alpha value is -0.590. The lowest BCUT2D eigenvalue weighted by atomic mass is 9.96. The fraction of sp³-hybridized carbons (Fsp3) is 0.700. The van der Waals surface area contributed by atoms with Crippen molar-refractivity contribution in [1.82, 2.24) is 0 Å². The standard InChI is InChI=1S/C10H19N/c1-6-11-9(2)7-8-10(3,4)5/h7-8H,6H2,1-5H3/b8-7-,11-9?. The molecule has 0 aliphatic heterocycles. The van der Waals surface area contributed by atoms with Crippen molar-refractivity contribution < 1.29 is 0 Å². The summed E-state index contributed by atoms with van der Waals surface area (Å²) in [5.74, 6) is 0. The Kier molecular flexibility index (Phi) is 4.09. The van der Waals surface area contributed by atoms with Gasteiger partial charge in [0.15, 0.2) is 0 Å². The van der Waals surface area contributed by atoms with E-state index in [0.29, 0.717) is 0 Å². The summed E-state index contributed by atoms with van der Waals surface area (Å²) >= 11 is 0. The Morgan fingerprint density at radius 1 is 1.36 bits per heavy atom. The molecule has 0 N–H and O–H groups in total. The molecule has 0 aromatic heterocycles. The average molecular weight is 153 g/mol. The normalized spacial score (nSPS) is 14.5. The molecule has 0 aliphatic carbocycles. The van der Waals surface area contributed by atoms with Crippen LogP contribution >= 0.6 is 0 Å². The number of rotatable bonds is 2. The van der Waals surface area contributed by atoms with Crippen LogP contribution in [0, 0.1) is 5.41 Å². The maximum absolute atomic E-state index is 4.26. The van der Waals surface area contributed by atoms with Crippen LogP contribution in [0.25, 0.3) is 0 Å². The molecule has 0 atom stereocenters. The smallest absolute Gasteiger partial charge is 0.0364 e. The number of hydrogen-bond acceptors (Lipinski definition) is 1. The van der Waals surface area contributed by atoms with E-state index in [1.165, 1.54) is 0 Å². The minimum absolute atomic E-state index is 0.268. The maximum Gasteiger partial charge on any atom is 0.0364 e. The quantitative estimate of drug-likeness (QED) is 0.541. The van der Waals surface area contributed by atoms with E-state index in [1.807, 2.05) is 6.92 Å². The van der Waals surface area contributed by atoms with E-state index in [2.05, 4.69) is 44.8 Å². The van der Waals surface area contributed by atoms with E-state index in [-0.39, 0.29) is 5.41 Å². The molecule has 0 unspecified atom stereocenters. The van der Waals surface area contributed by atoms with Gasteiger partial charge in [0.1, 0.15) is 0 Å². The van der Waals surface area contributed by atoms with Crippen molar-refractivity contribution in [3.8, 4) is 0 Å². The van der Waals surface area contributed by atoms with E-state index in [4.69, 9.17) is 0 Å². The van der Waals surface area contributed by atoms with Crippen LogP contribution in [0.2, 0.25) is 0 Å². The zero-order valence-corrected chi connectivity index (χ0v) is 8.31. The van der Waals surface area contributed by atoms with Gasteiger partial charge in [0.05, 0.1) is 0 Å². The first kappa shape index (κ1) is 10.4. The summed E-state index contributed by atoms with van der Waals surface area (Å²) in [5.41, 5.74) is 1.38. The summed E-state index contributed by atoms with van der Waals surface area (Å²) in [4.78, 5) is 4.26. The van der Waals surface area contributed by atoms with Gasteiger partial charge in [-0.1, -0.05) is 26.8 Å². The van der Waals surface area contributed by atoms with Crippen molar-refractivity contribution in [2.24, 2.45) is 10.4 Å². The van der Waals surface area contributed by atoms with Gasteiger partial charge in [-0.3, -0.25) is 4.99 Å². The summed E-state index contributed by atoms with van der Waals surface area (Å²) in [7, 11) is 0. The molecule has 0 saturated carbocycles. The molecule has 0 saturated heterocycles. The SMILES string of the molecule is CCN=C(C)/C=C\C(C)(C)C. The van der Waals surface area contributed by atoms with Gasteiger partial charge in [0.25, 0.3) is 0 Å². The lowest BCUT2D eigenvalue weighted by molar-refractivity contribution is 0.544. The fourth-order valence-corrected chi connectivity index (χ4v) is 0.673. The Bertz CT molecular complexity index is 158. The molecule has 0 amide bonds. The molecule has 0 aromatic rings. The monoisotopic (exact) mass is 153 g/mol. The summed E-state index contributed by atoms with van der Waals surface area (Å²) < 4.78 is 0. The molecule has 1 nitrogen and oxygen atoms in total. The van der Waals surface area contributed by atoms with E-state index < -0.39 is 0 Å². The second kappa shape index (κ2) is 4.32. The summed E-state index contributed by atoms with van der Waals surface area (Å²) in [6.07, 6.45) is 4.27. The number of allylic oxidation sites excluding steroid dienone is 2. The summed E-state index contributed by atoms with van der Waals surface area (Å²) in [6.45, 7) is 11.5. The second-order valence-corrected chi connectivity index (χ2v) is 3.82. The van der Waals surface area contributed by atoms with Gasteiger partial charge < -0.3 is 0 Å². The highest BCUT2D eigenvalue weighted by molar-refractivity contribution is 5.92. The molecular weight excluding hydrogens is 134 g/mol. The molecule has 0 radical (unpaired) electrons. The van der Waals surface area contributed by atoms with Gasteiger partial charge in [0, 0.05) is 12.3 Å². The number of aliphatic imine (C=N–C) groups is 1. The Morgan fingerprint density at radius 3 is 2.27 bits per heavy atom. The van der Waals surface area contributed by atoms with Crippen LogP contribution in [0.1, 0.15) is 34.6 Å². The third-order valence-corrected chi connectivity index (χ3v) is 1.23. The third-order valence-electron chi connectivity index (χ3n) is 1.23. The Labute approximate surface area is 70.2 Å². The van der Waals surface area contributed by atoms with Gasteiger partial charge >= 0.3 is 0 Å². The minimum atomic E-state index is 0.268. The average Bonchev–Trinajstić information content (AvgIpc) is 1.83. The van der Waals surface area contributed by atoms with Crippen LogP contribution in [0.5, 0.6) is 0 Å². The van der Waals surface area contributed by atoms with Gasteiger partial charge in [-0.05, 0) is 25.3 Å². The predicted molar refractivity (Wildman–Crippen MR) is 52.2 cm³/mol. The highest BCUT2D eigenvalue weighted by Crippen LogP contribution is 2.14. The van der Waals surface area contributed by atoms with Gasteiger partial charge in [-0.2, -0.15) is 0 Å². The van der Waals surface area contributed by atoms with Crippen molar-refractivity contribution in [2.75, 3.05) is 6.54 Å². The highest BCUT2D eigenvalue weighted by atomic mass is 14.7. The van der Waals surface area contributed by atoms with Crippen LogP contribution in [0.15, 0.2) is 17.1 Å². The van der Waals surface area contributed by atoms with Gasteiger partial charge in [-0.25, -0.2) is 0 Å². The molecule has 0 spiro atoms. The minimum Gasteiger partial charge on any atom is -0.290 e. The largest absolute Gasteiger partial charge is 0.290 e. The maximum atomic E-state index is 4.26. The van der Waals surface area contributed by atoms with Crippen LogP contribution in [0.3, 0.4) is 0 Å².